The molecule has 0 bridgehead atoms. The second-order valence-electron chi connectivity index (χ2n) is 6.09. The molecule has 0 aromatic carbocycles. The molecule has 0 unspecified atom stereocenters. The van der Waals surface area contributed by atoms with E-state index in [1.807, 2.05) is 0 Å². The number of nitrogens with zero attached hydrogens (tertiary/aromatic N) is 5. The highest BCUT2D eigenvalue weighted by Crippen LogP contribution is 2.40. The van der Waals surface area contributed by atoms with Gasteiger partial charge < -0.3 is 15.7 Å². The van der Waals surface area contributed by atoms with Gasteiger partial charge in [0, 0.05) is 17.9 Å². The number of aliphatic carboxylic acids is 1. The number of rotatable bonds is 4. The average Bonchev–Trinajstić information content (AvgIpc) is 3.26. The lowest BCUT2D eigenvalue weighted by Gasteiger charge is -2.47. The number of β-lactam (4-membered cyclic amide) rings is 1. The number of H-pyrrole nitrogens is 1. The SMILES string of the molecule is N[C@@H]1C(=O)N2C(C(=O)O)=C(/C=C3\CCN(Cc4nn[nH]n4)C3=O)CS[C@H]12. The zero-order valence-corrected chi connectivity index (χ0v) is 14.3. The summed E-state index contributed by atoms with van der Waals surface area (Å²) in [5, 5.41) is 22.6. The van der Waals surface area contributed by atoms with E-state index < -0.39 is 17.9 Å². The normalized spacial score (nSPS) is 27.2. The van der Waals surface area contributed by atoms with Gasteiger partial charge in [-0.15, -0.1) is 22.0 Å². The van der Waals surface area contributed by atoms with Crippen LogP contribution in [0, 0.1) is 0 Å². The molecule has 0 spiro atoms. The summed E-state index contributed by atoms with van der Waals surface area (Å²) in [5.41, 5.74) is 6.59. The topological polar surface area (TPSA) is 158 Å². The number of hydrogen-bond donors (Lipinski definition) is 3. The van der Waals surface area contributed by atoms with Gasteiger partial charge in [0.15, 0.2) is 5.82 Å². The van der Waals surface area contributed by atoms with Gasteiger partial charge in [0.1, 0.15) is 17.1 Å². The Balaban J connectivity index is 1.59. The number of carbonyl (C=O) groups is 3. The van der Waals surface area contributed by atoms with Gasteiger partial charge in [0.2, 0.25) is 11.8 Å². The molecule has 26 heavy (non-hydrogen) atoms. The highest BCUT2D eigenvalue weighted by Gasteiger charge is 2.51. The number of likely N-dealkylation sites (tertiary alicyclic amines) is 1. The molecule has 4 rings (SSSR count). The van der Waals surface area contributed by atoms with Crippen molar-refractivity contribution in [3.05, 3.63) is 28.7 Å². The van der Waals surface area contributed by atoms with E-state index in [1.165, 1.54) is 16.7 Å². The van der Waals surface area contributed by atoms with Crippen molar-refractivity contribution in [2.24, 2.45) is 5.73 Å². The molecule has 2 amide bonds. The second-order valence-corrected chi connectivity index (χ2v) is 7.19. The van der Waals surface area contributed by atoms with Crippen molar-refractivity contribution in [2.45, 2.75) is 24.4 Å². The Morgan fingerprint density at radius 1 is 1.46 bits per heavy atom. The first kappa shape index (κ1) is 16.7. The summed E-state index contributed by atoms with van der Waals surface area (Å²) in [6, 6.07) is -0.679. The predicted molar refractivity (Wildman–Crippen MR) is 88.0 cm³/mol. The van der Waals surface area contributed by atoms with E-state index in [4.69, 9.17) is 5.73 Å². The van der Waals surface area contributed by atoms with Crippen LogP contribution >= 0.6 is 11.8 Å². The van der Waals surface area contributed by atoms with E-state index in [2.05, 4.69) is 20.6 Å². The van der Waals surface area contributed by atoms with Gasteiger partial charge in [-0.3, -0.25) is 14.5 Å². The standard InChI is InChI=1S/C14H15N7O4S/c15-9-12(23)21-10(14(24)25)7(5-26-13(9)21)3-6-1-2-20(11(6)22)4-8-16-18-19-17-8/h3,9,13H,1-2,4-5,15H2,(H,24,25)(H,16,17,18,19)/b6-3+/t9-,13-/m1/s1. The number of tetrazole rings is 1. The van der Waals surface area contributed by atoms with Crippen LogP contribution in [0.3, 0.4) is 0 Å². The van der Waals surface area contributed by atoms with Crippen LogP contribution in [0.2, 0.25) is 0 Å². The quantitative estimate of drug-likeness (QED) is 0.416. The van der Waals surface area contributed by atoms with Crippen LogP contribution in [0.5, 0.6) is 0 Å². The Morgan fingerprint density at radius 3 is 2.96 bits per heavy atom. The maximum Gasteiger partial charge on any atom is 0.352 e. The number of aromatic amines is 1. The fraction of sp³-hybridized carbons (Fsp3) is 0.429. The Labute approximate surface area is 151 Å². The second kappa shape index (κ2) is 6.21. The van der Waals surface area contributed by atoms with E-state index >= 15 is 0 Å². The first-order valence-electron chi connectivity index (χ1n) is 7.86. The highest BCUT2D eigenvalue weighted by molar-refractivity contribution is 8.00. The maximum atomic E-state index is 12.6. The molecule has 0 radical (unpaired) electrons. The van der Waals surface area contributed by atoms with Crippen molar-refractivity contribution >= 4 is 29.5 Å². The van der Waals surface area contributed by atoms with E-state index in [0.29, 0.717) is 35.7 Å². The Morgan fingerprint density at radius 2 is 2.27 bits per heavy atom. The molecule has 1 aromatic heterocycles. The lowest BCUT2D eigenvalue weighted by atomic mass is 10.0. The fourth-order valence-corrected chi connectivity index (χ4v) is 4.49. The number of nitrogens with two attached hydrogens (primary N) is 1. The molecular formula is C14H15N7O4S. The van der Waals surface area contributed by atoms with Gasteiger partial charge in [-0.25, -0.2) is 4.79 Å². The van der Waals surface area contributed by atoms with Crippen LogP contribution in [-0.4, -0.2) is 77.0 Å². The Kier molecular flexibility index (Phi) is 4.00. The summed E-state index contributed by atoms with van der Waals surface area (Å²) < 4.78 is 0. The molecule has 0 saturated carbocycles. The number of fused-ring (bicyclic) bond motifs is 1. The summed E-state index contributed by atoms with van der Waals surface area (Å²) in [5.74, 6) is -1.03. The number of carboxylic acid groups (broad SMARTS) is 1. The molecule has 136 valence electrons. The number of aromatic nitrogens is 4. The molecule has 4 heterocycles. The van der Waals surface area contributed by atoms with E-state index in [1.54, 1.807) is 11.0 Å². The fourth-order valence-electron chi connectivity index (χ4n) is 3.23. The number of nitrogens with one attached hydrogen (secondary N) is 1. The molecule has 4 N–H and O–H groups in total. The van der Waals surface area contributed by atoms with Crippen molar-refractivity contribution < 1.29 is 19.5 Å². The molecule has 11 nitrogen and oxygen atoms in total. The van der Waals surface area contributed by atoms with Crippen molar-refractivity contribution in [3.8, 4) is 0 Å². The Hall–Kier alpha value is -2.73. The molecule has 2 atom stereocenters. The van der Waals surface area contributed by atoms with Gasteiger partial charge in [-0.05, 0) is 18.1 Å². The summed E-state index contributed by atoms with van der Waals surface area (Å²) in [4.78, 5) is 39.0. The third-order valence-electron chi connectivity index (χ3n) is 4.52. The molecule has 3 aliphatic heterocycles. The maximum absolute atomic E-state index is 12.6. The van der Waals surface area contributed by atoms with Gasteiger partial charge in [-0.2, -0.15) is 5.21 Å². The molecule has 12 heteroatoms. The first-order chi connectivity index (χ1) is 12.5. The molecule has 0 aliphatic carbocycles. The van der Waals surface area contributed by atoms with Crippen molar-refractivity contribution in [1.29, 1.82) is 0 Å². The van der Waals surface area contributed by atoms with Crippen molar-refractivity contribution in [2.75, 3.05) is 12.3 Å². The van der Waals surface area contributed by atoms with Crippen LogP contribution in [0.15, 0.2) is 22.9 Å². The van der Waals surface area contributed by atoms with Crippen LogP contribution in [-0.2, 0) is 20.9 Å². The summed E-state index contributed by atoms with van der Waals surface area (Å²) in [6.45, 7) is 0.714. The number of hydrogen-bond acceptors (Lipinski definition) is 8. The average molecular weight is 377 g/mol. The largest absolute Gasteiger partial charge is 0.477 e. The van der Waals surface area contributed by atoms with E-state index in [0.717, 1.165) is 0 Å². The van der Waals surface area contributed by atoms with Crippen molar-refractivity contribution in [3.63, 3.8) is 0 Å². The van der Waals surface area contributed by atoms with E-state index in [9.17, 15) is 19.5 Å². The smallest absolute Gasteiger partial charge is 0.352 e. The van der Waals surface area contributed by atoms with Gasteiger partial charge in [0.25, 0.3) is 0 Å². The predicted octanol–water partition coefficient (Wildman–Crippen LogP) is -1.56. The number of carbonyl (C=O) groups excluding carboxylic acids is 2. The number of allylic oxidation sites excluding steroid dienone is 1. The molecule has 1 aromatic rings. The van der Waals surface area contributed by atoms with Crippen LogP contribution in [0.25, 0.3) is 0 Å². The molecule has 3 aliphatic rings. The first-order valence-corrected chi connectivity index (χ1v) is 8.91. The summed E-state index contributed by atoms with van der Waals surface area (Å²) in [6.07, 6.45) is 2.07. The summed E-state index contributed by atoms with van der Waals surface area (Å²) in [7, 11) is 0. The van der Waals surface area contributed by atoms with Gasteiger partial charge in [0.05, 0.1) is 6.54 Å². The zero-order chi connectivity index (χ0) is 18.4. The molecule has 2 saturated heterocycles. The minimum absolute atomic E-state index is 0.0858. The third kappa shape index (κ3) is 2.57. The van der Waals surface area contributed by atoms with Crippen molar-refractivity contribution in [1.82, 2.24) is 30.4 Å². The van der Waals surface area contributed by atoms with Gasteiger partial charge in [-0.1, -0.05) is 5.21 Å². The number of thioether (sulfide) groups is 1. The van der Waals surface area contributed by atoms with Crippen LogP contribution in [0.4, 0.5) is 0 Å². The minimum atomic E-state index is -1.20. The number of carboxylic acids is 1. The van der Waals surface area contributed by atoms with Crippen LogP contribution < -0.4 is 5.73 Å². The minimum Gasteiger partial charge on any atom is -0.477 e. The lowest BCUT2D eigenvalue weighted by Crippen LogP contribution is -2.68. The Bertz CT molecular complexity index is 849. The van der Waals surface area contributed by atoms with Crippen LogP contribution in [0.1, 0.15) is 12.2 Å². The summed E-state index contributed by atoms with van der Waals surface area (Å²) >= 11 is 1.40. The number of amides is 2. The molecular weight excluding hydrogens is 362 g/mol. The van der Waals surface area contributed by atoms with E-state index in [-0.39, 0.29) is 23.5 Å². The van der Waals surface area contributed by atoms with Gasteiger partial charge >= 0.3 is 5.97 Å². The highest BCUT2D eigenvalue weighted by atomic mass is 32.2. The zero-order valence-electron chi connectivity index (χ0n) is 13.5. The third-order valence-corrected chi connectivity index (χ3v) is 5.85. The molecule has 2 fully saturated rings. The monoisotopic (exact) mass is 377 g/mol. The lowest BCUT2D eigenvalue weighted by molar-refractivity contribution is -0.147.